The fourth-order valence-electron chi connectivity index (χ4n) is 3.70. The number of morpholine rings is 1. The minimum atomic E-state index is -0.454. The normalized spacial score (nSPS) is 14.2. The van der Waals surface area contributed by atoms with E-state index in [1.165, 1.54) is 12.1 Å². The summed E-state index contributed by atoms with van der Waals surface area (Å²) in [7, 11) is 0. The van der Waals surface area contributed by atoms with Crippen LogP contribution in [0.2, 0.25) is 0 Å². The lowest BCUT2D eigenvalue weighted by Crippen LogP contribution is -2.41. The van der Waals surface area contributed by atoms with Gasteiger partial charge in [0, 0.05) is 24.7 Å². The van der Waals surface area contributed by atoms with E-state index in [9.17, 15) is 14.0 Å². The molecule has 0 spiro atoms. The van der Waals surface area contributed by atoms with E-state index in [2.05, 4.69) is 5.32 Å². The smallest absolute Gasteiger partial charge is 0.254 e. The lowest BCUT2D eigenvalue weighted by molar-refractivity contribution is -0.128. The Morgan fingerprint density at radius 3 is 2.29 bits per heavy atom. The summed E-state index contributed by atoms with van der Waals surface area (Å²) in [6.07, 6.45) is 4.79. The van der Waals surface area contributed by atoms with Crippen LogP contribution >= 0.6 is 0 Å². The fourth-order valence-corrected chi connectivity index (χ4v) is 3.70. The first-order chi connectivity index (χ1) is 17.0. The number of rotatable bonds is 6. The minimum absolute atomic E-state index is 0.237. The lowest BCUT2D eigenvalue weighted by atomic mass is 10.00. The maximum atomic E-state index is 14.6. The zero-order valence-corrected chi connectivity index (χ0v) is 19.1. The molecule has 0 saturated carbocycles. The Labute approximate surface area is 203 Å². The summed E-state index contributed by atoms with van der Waals surface area (Å²) in [5.74, 6) is -0.992. The second-order valence-electron chi connectivity index (χ2n) is 8.02. The number of ether oxygens (including phenoxy) is 1. The molecule has 1 heterocycles. The molecule has 0 atom stereocenters. The molecule has 1 saturated heterocycles. The largest absolute Gasteiger partial charge is 0.397 e. The number of anilines is 2. The number of benzene rings is 3. The molecule has 0 radical (unpaired) electrons. The minimum Gasteiger partial charge on any atom is -0.397 e. The third-order valence-electron chi connectivity index (χ3n) is 5.59. The first kappa shape index (κ1) is 23.9. The van der Waals surface area contributed by atoms with Crippen molar-refractivity contribution in [3.05, 3.63) is 101 Å². The molecule has 0 unspecified atom stereocenters. The van der Waals surface area contributed by atoms with E-state index < -0.39 is 5.82 Å². The van der Waals surface area contributed by atoms with Gasteiger partial charge in [0.1, 0.15) is 5.82 Å². The molecule has 1 aliphatic rings. The Balaban J connectivity index is 1.53. The highest BCUT2D eigenvalue weighted by atomic mass is 19.1. The van der Waals surface area contributed by atoms with Crippen molar-refractivity contribution in [3.63, 3.8) is 0 Å². The predicted octanol–water partition coefficient (Wildman–Crippen LogP) is 4.46. The van der Waals surface area contributed by atoms with Gasteiger partial charge in [-0.3, -0.25) is 9.59 Å². The topological polar surface area (TPSA) is 84.7 Å². The summed E-state index contributed by atoms with van der Waals surface area (Å²) in [5.41, 5.74) is 8.97. The quantitative estimate of drug-likeness (QED) is 0.316. The Morgan fingerprint density at radius 2 is 1.57 bits per heavy atom. The van der Waals surface area contributed by atoms with Crippen LogP contribution in [0.3, 0.4) is 0 Å². The molecule has 3 N–H and O–H groups in total. The van der Waals surface area contributed by atoms with Crippen molar-refractivity contribution in [1.29, 1.82) is 0 Å². The maximum absolute atomic E-state index is 14.6. The number of amides is 2. The molecule has 1 aliphatic heterocycles. The summed E-state index contributed by atoms with van der Waals surface area (Å²) in [6.45, 7) is 1.85. The van der Waals surface area contributed by atoms with Gasteiger partial charge in [0.05, 0.1) is 30.2 Å². The molecular weight excluding hydrogens is 445 g/mol. The second-order valence-corrected chi connectivity index (χ2v) is 8.02. The lowest BCUT2D eigenvalue weighted by Gasteiger charge is -2.28. The van der Waals surface area contributed by atoms with Crippen molar-refractivity contribution in [3.8, 4) is 0 Å². The summed E-state index contributed by atoms with van der Waals surface area (Å²) in [5, 5.41) is 2.74. The molecule has 7 heteroatoms. The van der Waals surface area contributed by atoms with Gasteiger partial charge in [0.25, 0.3) is 5.91 Å². The molecule has 1 fully saturated rings. The summed E-state index contributed by atoms with van der Waals surface area (Å²) in [6, 6.07) is 20.6. The van der Waals surface area contributed by atoms with Crippen molar-refractivity contribution in [2.45, 2.75) is 0 Å². The summed E-state index contributed by atoms with van der Waals surface area (Å²) < 4.78 is 19.9. The second kappa shape index (κ2) is 11.3. The first-order valence-corrected chi connectivity index (χ1v) is 11.3. The number of nitrogens with one attached hydrogen (secondary N) is 1. The number of hydrogen-bond donors (Lipinski definition) is 2. The maximum Gasteiger partial charge on any atom is 0.254 e. The van der Waals surface area contributed by atoms with Crippen LogP contribution < -0.4 is 11.1 Å². The van der Waals surface area contributed by atoms with E-state index in [4.69, 9.17) is 10.5 Å². The number of nitrogen functional groups attached to an aromatic ring is 1. The van der Waals surface area contributed by atoms with Crippen LogP contribution in [-0.4, -0.2) is 43.0 Å². The monoisotopic (exact) mass is 471 g/mol. The Morgan fingerprint density at radius 1 is 0.914 bits per heavy atom. The van der Waals surface area contributed by atoms with Crippen LogP contribution in [0.5, 0.6) is 0 Å². The first-order valence-electron chi connectivity index (χ1n) is 11.3. The van der Waals surface area contributed by atoms with Crippen LogP contribution in [-0.2, 0) is 14.3 Å². The molecule has 0 aliphatic carbocycles. The average Bonchev–Trinajstić information content (AvgIpc) is 2.89. The molecule has 0 aromatic heterocycles. The third kappa shape index (κ3) is 6.22. The van der Waals surface area contributed by atoms with Crippen LogP contribution in [0, 0.1) is 5.82 Å². The van der Waals surface area contributed by atoms with Gasteiger partial charge in [-0.2, -0.15) is 0 Å². The Kier molecular flexibility index (Phi) is 7.70. The fraction of sp³-hybridized carbons (Fsp3) is 0.143. The van der Waals surface area contributed by atoms with Gasteiger partial charge >= 0.3 is 0 Å². The average molecular weight is 472 g/mol. The zero-order valence-electron chi connectivity index (χ0n) is 19.1. The molecule has 35 heavy (non-hydrogen) atoms. The molecule has 0 bridgehead atoms. The van der Waals surface area contributed by atoms with Gasteiger partial charge in [0.2, 0.25) is 5.91 Å². The van der Waals surface area contributed by atoms with Gasteiger partial charge in [-0.05, 0) is 41.5 Å². The van der Waals surface area contributed by atoms with E-state index >= 15 is 0 Å². The van der Waals surface area contributed by atoms with Gasteiger partial charge in [0.15, 0.2) is 0 Å². The number of nitrogens with two attached hydrogens (primary N) is 1. The summed E-state index contributed by atoms with van der Waals surface area (Å²) >= 11 is 0. The highest BCUT2D eigenvalue weighted by molar-refractivity contribution is 6.24. The number of carbonyl (C=O) groups excluding carboxylic acids is 2. The van der Waals surface area contributed by atoms with Crippen LogP contribution in [0.4, 0.5) is 15.8 Å². The van der Waals surface area contributed by atoms with Crippen LogP contribution in [0.15, 0.2) is 78.9 Å². The van der Waals surface area contributed by atoms with Gasteiger partial charge < -0.3 is 20.7 Å². The van der Waals surface area contributed by atoms with E-state index in [1.54, 1.807) is 59.5 Å². The number of para-hydroxylation sites is 2. The predicted molar refractivity (Wildman–Crippen MR) is 137 cm³/mol. The van der Waals surface area contributed by atoms with Crippen molar-refractivity contribution in [2.75, 3.05) is 37.4 Å². The summed E-state index contributed by atoms with van der Waals surface area (Å²) in [4.78, 5) is 27.1. The van der Waals surface area contributed by atoms with Crippen molar-refractivity contribution in [2.24, 2.45) is 0 Å². The number of halogens is 1. The third-order valence-corrected chi connectivity index (χ3v) is 5.59. The molecule has 178 valence electrons. The SMILES string of the molecule is Nc1ccccc1NC(=O)/C=C/c1ccc(/C=C(/C(=O)N2CCOCC2)c2ccccc2F)cc1. The zero-order chi connectivity index (χ0) is 24.6. The number of carbonyl (C=O) groups is 2. The number of nitrogens with zero attached hydrogens (tertiary/aromatic N) is 1. The van der Waals surface area contributed by atoms with E-state index in [0.29, 0.717) is 37.7 Å². The molecule has 3 aromatic rings. The molecular formula is C28H26FN3O3. The molecule has 4 rings (SSSR count). The van der Waals surface area contributed by atoms with Crippen molar-refractivity contribution in [1.82, 2.24) is 4.90 Å². The van der Waals surface area contributed by atoms with Gasteiger partial charge in [-0.15, -0.1) is 0 Å². The Bertz CT molecular complexity index is 1260. The highest BCUT2D eigenvalue weighted by Crippen LogP contribution is 2.24. The number of hydrogen-bond acceptors (Lipinski definition) is 4. The standard InChI is InChI=1S/C28H26FN3O3/c29-24-6-2-1-5-22(24)23(28(34)32-15-17-35-18-16-32)19-21-11-9-20(10-12-21)13-14-27(33)31-26-8-4-3-7-25(26)30/h1-14,19H,15-18,30H2,(H,31,33)/b14-13+,23-19+. The van der Waals surface area contributed by atoms with Crippen molar-refractivity contribution < 1.29 is 18.7 Å². The van der Waals surface area contributed by atoms with Crippen LogP contribution in [0.25, 0.3) is 17.7 Å². The van der Waals surface area contributed by atoms with Gasteiger partial charge in [-0.1, -0.05) is 54.6 Å². The van der Waals surface area contributed by atoms with Gasteiger partial charge in [-0.25, -0.2) is 4.39 Å². The highest BCUT2D eigenvalue weighted by Gasteiger charge is 2.23. The van der Waals surface area contributed by atoms with E-state index in [0.717, 1.165) is 11.1 Å². The molecule has 3 aromatic carbocycles. The van der Waals surface area contributed by atoms with E-state index in [-0.39, 0.29) is 23.0 Å². The van der Waals surface area contributed by atoms with E-state index in [1.807, 2.05) is 24.3 Å². The molecule has 2 amide bonds. The van der Waals surface area contributed by atoms with Crippen LogP contribution in [0.1, 0.15) is 16.7 Å². The van der Waals surface area contributed by atoms with Crippen molar-refractivity contribution >= 4 is 40.9 Å². The molecule has 6 nitrogen and oxygen atoms in total. The Hall–Kier alpha value is -4.23.